The normalized spacial score (nSPS) is 22.1. The van der Waals surface area contributed by atoms with Gasteiger partial charge < -0.3 is 24.5 Å². The van der Waals surface area contributed by atoms with Gasteiger partial charge in [0.2, 0.25) is 5.91 Å². The van der Waals surface area contributed by atoms with E-state index in [4.69, 9.17) is 9.72 Å². The molecule has 3 atom stereocenters. The van der Waals surface area contributed by atoms with E-state index >= 15 is 0 Å². The maximum absolute atomic E-state index is 14.4. The molecule has 12 nitrogen and oxygen atoms in total. The van der Waals surface area contributed by atoms with Crippen molar-refractivity contribution in [3.05, 3.63) is 83.1 Å². The Labute approximate surface area is 305 Å². The molecule has 52 heavy (non-hydrogen) atoms. The Balaban J connectivity index is 1.19. The van der Waals surface area contributed by atoms with Gasteiger partial charge in [-0.25, -0.2) is 19.0 Å². The van der Waals surface area contributed by atoms with Crippen LogP contribution in [0.15, 0.2) is 54.9 Å². The first-order valence-electron chi connectivity index (χ1n) is 18.1. The number of carbonyl (C=O) groups is 3. The zero-order valence-corrected chi connectivity index (χ0v) is 31.0. The Morgan fingerprint density at radius 2 is 1.69 bits per heavy atom. The number of halogens is 1. The molecule has 0 spiro atoms. The van der Waals surface area contributed by atoms with Crippen LogP contribution in [-0.4, -0.2) is 124 Å². The number of fused-ring (bicyclic) bond motifs is 1. The van der Waals surface area contributed by atoms with Gasteiger partial charge in [-0.05, 0) is 75.6 Å². The van der Waals surface area contributed by atoms with Gasteiger partial charge in [-0.3, -0.25) is 19.6 Å². The molecule has 0 unspecified atom stereocenters. The molecule has 3 aliphatic heterocycles. The van der Waals surface area contributed by atoms with Crippen molar-refractivity contribution in [2.24, 2.45) is 0 Å². The van der Waals surface area contributed by atoms with E-state index in [9.17, 15) is 23.9 Å². The van der Waals surface area contributed by atoms with Crippen LogP contribution >= 0.6 is 0 Å². The van der Waals surface area contributed by atoms with E-state index < -0.39 is 5.97 Å². The highest BCUT2D eigenvalue weighted by Crippen LogP contribution is 2.40. The molecule has 13 heteroatoms. The second-order valence-corrected chi connectivity index (χ2v) is 15.4. The fourth-order valence-corrected chi connectivity index (χ4v) is 7.64. The van der Waals surface area contributed by atoms with E-state index in [1.54, 1.807) is 29.2 Å². The van der Waals surface area contributed by atoms with Crippen LogP contribution in [0.25, 0.3) is 0 Å². The van der Waals surface area contributed by atoms with Crippen LogP contribution in [0.3, 0.4) is 0 Å². The van der Waals surface area contributed by atoms with Crippen molar-refractivity contribution in [3.63, 3.8) is 0 Å². The lowest BCUT2D eigenvalue weighted by atomic mass is 9.91. The van der Waals surface area contributed by atoms with E-state index in [0.717, 1.165) is 34.9 Å². The van der Waals surface area contributed by atoms with Crippen molar-refractivity contribution in [2.45, 2.75) is 77.6 Å². The molecule has 0 aliphatic carbocycles. The number of amides is 2. The van der Waals surface area contributed by atoms with Gasteiger partial charge >= 0.3 is 12.1 Å². The second-order valence-electron chi connectivity index (χ2n) is 15.4. The summed E-state index contributed by atoms with van der Waals surface area (Å²) in [5.41, 5.74) is 3.43. The van der Waals surface area contributed by atoms with Crippen LogP contribution in [0.1, 0.15) is 68.7 Å². The first-order valence-corrected chi connectivity index (χ1v) is 18.1. The molecule has 6 rings (SSSR count). The molecule has 278 valence electrons. The maximum atomic E-state index is 14.4. The van der Waals surface area contributed by atoms with Gasteiger partial charge in [0.15, 0.2) is 0 Å². The lowest BCUT2D eigenvalue weighted by molar-refractivity contribution is -0.121. The van der Waals surface area contributed by atoms with Crippen molar-refractivity contribution >= 4 is 29.5 Å². The molecular formula is C39H50FN7O5. The molecule has 1 N–H and O–H groups in total. The molecule has 1 aromatic carbocycles. The zero-order valence-electron chi connectivity index (χ0n) is 31.0. The van der Waals surface area contributed by atoms with Crippen LogP contribution in [0.5, 0.6) is 0 Å². The monoisotopic (exact) mass is 715 g/mol. The Kier molecular flexibility index (Phi) is 10.8. The highest BCUT2D eigenvalue weighted by molar-refractivity contribution is 5.97. The number of carboxylic acid groups (broad SMARTS) is 1. The fraction of sp³-hybridized carbons (Fsp3) is 0.513. The second kappa shape index (κ2) is 15.2. The summed E-state index contributed by atoms with van der Waals surface area (Å²) in [6, 6.07) is 11.7. The summed E-state index contributed by atoms with van der Waals surface area (Å²) >= 11 is 0. The highest BCUT2D eigenvalue weighted by Gasteiger charge is 2.43. The summed E-state index contributed by atoms with van der Waals surface area (Å²) < 4.78 is 19.2. The molecule has 5 heterocycles. The van der Waals surface area contributed by atoms with E-state index in [-0.39, 0.29) is 59.6 Å². The summed E-state index contributed by atoms with van der Waals surface area (Å²) in [4.78, 5) is 58.6. The molecule has 3 aromatic rings. The number of ether oxygens (including phenoxy) is 1. The molecule has 2 fully saturated rings. The minimum Gasteiger partial charge on any atom is -0.478 e. The van der Waals surface area contributed by atoms with Crippen LogP contribution in [0, 0.1) is 5.82 Å². The summed E-state index contributed by atoms with van der Waals surface area (Å²) in [5, 5.41) is 9.27. The number of piperazine rings is 2. The average Bonchev–Trinajstić information content (AvgIpc) is 3.37. The van der Waals surface area contributed by atoms with E-state index in [2.05, 4.69) is 40.5 Å². The topological polar surface area (TPSA) is 123 Å². The van der Waals surface area contributed by atoms with E-state index in [1.165, 1.54) is 18.3 Å². The third-order valence-corrected chi connectivity index (χ3v) is 10.4. The quantitative estimate of drug-likeness (QED) is 0.335. The molecule has 3 aliphatic rings. The number of pyridine rings is 2. The summed E-state index contributed by atoms with van der Waals surface area (Å²) in [6.07, 6.45) is 3.23. The van der Waals surface area contributed by atoms with Gasteiger partial charge in [0.05, 0.1) is 29.6 Å². The first kappa shape index (κ1) is 37.1. The molecule has 0 radical (unpaired) electrons. The zero-order chi connectivity index (χ0) is 37.3. The Bertz CT molecular complexity index is 1770. The molecule has 2 aromatic heterocycles. The van der Waals surface area contributed by atoms with E-state index in [0.29, 0.717) is 45.7 Å². The molecule has 0 saturated carbocycles. The smallest absolute Gasteiger partial charge is 0.410 e. The maximum Gasteiger partial charge on any atom is 0.410 e. The van der Waals surface area contributed by atoms with Crippen LogP contribution in [0.4, 0.5) is 20.7 Å². The fourth-order valence-electron chi connectivity index (χ4n) is 7.64. The number of carbonyl (C=O) groups excluding carboxylic acids is 2. The lowest BCUT2D eigenvalue weighted by Gasteiger charge is -2.48. The Morgan fingerprint density at radius 1 is 0.942 bits per heavy atom. The Hall–Kier alpha value is -4.62. The third kappa shape index (κ3) is 8.20. The number of hydrogen-bond acceptors (Lipinski definition) is 9. The summed E-state index contributed by atoms with van der Waals surface area (Å²) in [7, 11) is 0. The molecule has 2 saturated heterocycles. The molecular weight excluding hydrogens is 665 g/mol. The highest BCUT2D eigenvalue weighted by atomic mass is 19.1. The first-order chi connectivity index (χ1) is 24.7. The van der Waals surface area contributed by atoms with Crippen molar-refractivity contribution in [1.29, 1.82) is 0 Å². The number of nitrogens with zero attached hydrogens (tertiary/aromatic N) is 7. The van der Waals surface area contributed by atoms with Crippen LogP contribution < -0.4 is 9.80 Å². The number of benzene rings is 1. The minimum absolute atomic E-state index is 0.0169. The number of anilines is 2. The average molecular weight is 716 g/mol. The van der Waals surface area contributed by atoms with Gasteiger partial charge in [-0.1, -0.05) is 26.0 Å². The summed E-state index contributed by atoms with van der Waals surface area (Å²) in [6.45, 7) is 16.5. The van der Waals surface area contributed by atoms with Gasteiger partial charge in [-0.2, -0.15) is 0 Å². The minimum atomic E-state index is -1.01. The number of hydrogen-bond donors (Lipinski definition) is 1. The van der Waals surface area contributed by atoms with Gasteiger partial charge in [-0.15, -0.1) is 0 Å². The number of carboxylic acids is 1. The van der Waals surface area contributed by atoms with Crippen molar-refractivity contribution in [2.75, 3.05) is 62.2 Å². The molecule has 0 bridgehead atoms. The number of aromatic nitrogens is 2. The SMILES string of the molecule is CC(C)OC(=O)N1C[C@H](CN2CCN(c3ccc(C(=O)O)cn3)C[C@H]2C)N(CC(=O)N2CC(C)(C)c3ncc(Cc4ccc(F)cc4)cc32)C[C@H]1C. The van der Waals surface area contributed by atoms with Crippen LogP contribution in [0.2, 0.25) is 0 Å². The standard InChI is InChI=1S/C39H50FN7O5/c1-25(2)52-38(51)46-22-32(21-43-13-14-44(19-26(43)3)34-12-9-30(18-41-34)37(49)50)45(20-27(46)4)23-35(48)47-24-39(5,6)36-33(47)16-29(17-42-36)15-28-7-10-31(40)11-8-28/h7-12,16-18,25-27,32H,13-15,19-24H2,1-6H3,(H,49,50)/t26-,27-,32+/m1/s1. The lowest BCUT2D eigenvalue weighted by Crippen LogP contribution is -2.65. The van der Waals surface area contributed by atoms with E-state index in [1.807, 2.05) is 37.9 Å². The largest absolute Gasteiger partial charge is 0.478 e. The third-order valence-electron chi connectivity index (χ3n) is 10.4. The predicted octanol–water partition coefficient (Wildman–Crippen LogP) is 4.66. The van der Waals surface area contributed by atoms with Gasteiger partial charge in [0.25, 0.3) is 0 Å². The van der Waals surface area contributed by atoms with Gasteiger partial charge in [0.1, 0.15) is 11.6 Å². The number of rotatable bonds is 9. The summed E-state index contributed by atoms with van der Waals surface area (Å²) in [5.74, 6) is -0.563. The van der Waals surface area contributed by atoms with Gasteiger partial charge in [0, 0.05) is 81.7 Å². The molecule has 2 amide bonds. The van der Waals surface area contributed by atoms with Crippen LogP contribution in [-0.2, 0) is 21.4 Å². The number of aromatic carboxylic acids is 1. The van der Waals surface area contributed by atoms with Crippen molar-refractivity contribution < 1.29 is 28.6 Å². The van der Waals surface area contributed by atoms with Crippen molar-refractivity contribution in [1.82, 2.24) is 24.7 Å². The Morgan fingerprint density at radius 3 is 2.35 bits per heavy atom. The van der Waals surface area contributed by atoms with Crippen molar-refractivity contribution in [3.8, 4) is 0 Å². The predicted molar refractivity (Wildman–Crippen MR) is 196 cm³/mol.